The summed E-state index contributed by atoms with van der Waals surface area (Å²) in [4.78, 5) is 0. The number of nitrogens with zero attached hydrogens (tertiary/aromatic N) is 4. The lowest BCUT2D eigenvalue weighted by Crippen LogP contribution is -2.13. The summed E-state index contributed by atoms with van der Waals surface area (Å²) in [5.41, 5.74) is 4.53. The third-order valence-electron chi connectivity index (χ3n) is 3.77. The van der Waals surface area contributed by atoms with Crippen LogP contribution in [0.25, 0.3) is 0 Å². The molecule has 0 spiro atoms. The zero-order chi connectivity index (χ0) is 19.9. The summed E-state index contributed by atoms with van der Waals surface area (Å²) in [6.07, 6.45) is 1.53. The maximum atomic E-state index is 9.77. The van der Waals surface area contributed by atoms with E-state index in [0.29, 0.717) is 28.2 Å². The first kappa shape index (κ1) is 19.4. The third-order valence-corrected chi connectivity index (χ3v) is 4.79. The van der Waals surface area contributed by atoms with Crippen molar-refractivity contribution in [2.45, 2.75) is 10.9 Å². The maximum absolute atomic E-state index is 9.77. The van der Waals surface area contributed by atoms with E-state index in [2.05, 4.69) is 20.7 Å². The second-order valence-electron chi connectivity index (χ2n) is 5.61. The molecule has 0 saturated carbocycles. The molecule has 146 valence electrons. The standard InChI is InChI=1S/C18H20N6O3S/c1-26-14-6-3-12(4-7-14)11-28-18-23-22-17(24(18)19)21-20-10-13-5-8-16(27-2)15(25)9-13/h3-10,25H,11,19H2,1-2H3,(H,21,22)/b20-10+. The molecule has 2 aromatic carbocycles. The minimum absolute atomic E-state index is 0.0330. The Morgan fingerprint density at radius 3 is 2.64 bits per heavy atom. The molecule has 0 unspecified atom stereocenters. The fraction of sp³-hybridized carbons (Fsp3) is 0.167. The molecule has 0 atom stereocenters. The lowest BCUT2D eigenvalue weighted by atomic mass is 10.2. The average molecular weight is 400 g/mol. The van der Waals surface area contributed by atoms with Crippen LogP contribution in [0.15, 0.2) is 52.7 Å². The molecule has 0 saturated heterocycles. The molecule has 1 heterocycles. The topological polar surface area (TPSA) is 120 Å². The van der Waals surface area contributed by atoms with Gasteiger partial charge in [-0.15, -0.1) is 10.2 Å². The molecule has 9 nitrogen and oxygen atoms in total. The molecular weight excluding hydrogens is 380 g/mol. The summed E-state index contributed by atoms with van der Waals surface area (Å²) in [6, 6.07) is 12.7. The summed E-state index contributed by atoms with van der Waals surface area (Å²) in [5, 5.41) is 22.4. The highest BCUT2D eigenvalue weighted by Gasteiger charge is 2.10. The second-order valence-corrected chi connectivity index (χ2v) is 6.56. The number of hydrazone groups is 1. The molecule has 3 aromatic rings. The summed E-state index contributed by atoms with van der Waals surface area (Å²) >= 11 is 1.46. The van der Waals surface area contributed by atoms with Gasteiger partial charge in [0.25, 0.3) is 5.95 Å². The highest BCUT2D eigenvalue weighted by molar-refractivity contribution is 7.98. The van der Waals surface area contributed by atoms with Gasteiger partial charge in [0.05, 0.1) is 20.4 Å². The molecule has 0 radical (unpaired) electrons. The highest BCUT2D eigenvalue weighted by atomic mass is 32.2. The van der Waals surface area contributed by atoms with Gasteiger partial charge in [-0.1, -0.05) is 23.9 Å². The Morgan fingerprint density at radius 1 is 1.18 bits per heavy atom. The van der Waals surface area contributed by atoms with Crippen LogP contribution in [0, 0.1) is 0 Å². The molecule has 3 rings (SSSR count). The molecule has 4 N–H and O–H groups in total. The number of methoxy groups -OCH3 is 2. The Balaban J connectivity index is 1.58. The molecular formula is C18H20N6O3S. The van der Waals surface area contributed by atoms with E-state index in [1.54, 1.807) is 19.2 Å². The number of ether oxygens (including phenoxy) is 2. The van der Waals surface area contributed by atoms with Crippen molar-refractivity contribution < 1.29 is 14.6 Å². The van der Waals surface area contributed by atoms with E-state index in [-0.39, 0.29) is 5.75 Å². The first-order chi connectivity index (χ1) is 13.6. The molecule has 28 heavy (non-hydrogen) atoms. The van der Waals surface area contributed by atoms with E-state index in [9.17, 15) is 5.11 Å². The van der Waals surface area contributed by atoms with Gasteiger partial charge in [0.2, 0.25) is 5.16 Å². The highest BCUT2D eigenvalue weighted by Crippen LogP contribution is 2.26. The van der Waals surface area contributed by atoms with E-state index in [4.69, 9.17) is 15.3 Å². The van der Waals surface area contributed by atoms with E-state index >= 15 is 0 Å². The van der Waals surface area contributed by atoms with Crippen LogP contribution in [0.1, 0.15) is 11.1 Å². The van der Waals surface area contributed by atoms with Gasteiger partial charge in [-0.05, 0) is 41.5 Å². The Hall–Kier alpha value is -3.40. The van der Waals surface area contributed by atoms with Crippen molar-refractivity contribution >= 4 is 23.9 Å². The van der Waals surface area contributed by atoms with Crippen LogP contribution in [0.4, 0.5) is 5.95 Å². The molecule has 0 bridgehead atoms. The number of nitrogen functional groups attached to an aromatic ring is 1. The SMILES string of the molecule is COc1ccc(CSc2nnc(N/N=C/c3ccc(OC)c(O)c3)n2N)cc1. The van der Waals surface area contributed by atoms with Crippen LogP contribution in [0.5, 0.6) is 17.2 Å². The molecule has 10 heteroatoms. The number of aromatic hydroxyl groups is 1. The maximum Gasteiger partial charge on any atom is 0.264 e. The number of aromatic nitrogens is 3. The first-order valence-electron chi connectivity index (χ1n) is 8.23. The monoisotopic (exact) mass is 400 g/mol. The number of nitrogens with one attached hydrogen (secondary N) is 1. The lowest BCUT2D eigenvalue weighted by molar-refractivity contribution is 0.373. The zero-order valence-electron chi connectivity index (χ0n) is 15.4. The molecule has 0 aliphatic carbocycles. The Morgan fingerprint density at radius 2 is 1.96 bits per heavy atom. The quantitative estimate of drug-likeness (QED) is 0.228. The normalized spacial score (nSPS) is 10.9. The van der Waals surface area contributed by atoms with Gasteiger partial charge in [-0.25, -0.2) is 10.1 Å². The molecule has 0 aliphatic rings. The van der Waals surface area contributed by atoms with Crippen LogP contribution in [0.2, 0.25) is 0 Å². The Labute approximate surface area is 166 Å². The minimum Gasteiger partial charge on any atom is -0.504 e. The van der Waals surface area contributed by atoms with Crippen molar-refractivity contribution in [1.82, 2.24) is 14.9 Å². The van der Waals surface area contributed by atoms with Crippen molar-refractivity contribution in [1.29, 1.82) is 0 Å². The van der Waals surface area contributed by atoms with Gasteiger partial charge in [-0.3, -0.25) is 0 Å². The molecule has 0 amide bonds. The Kier molecular flexibility index (Phi) is 6.22. The predicted octanol–water partition coefficient (Wildman–Crippen LogP) is 2.45. The summed E-state index contributed by atoms with van der Waals surface area (Å²) in [5.74, 6) is 8.24. The number of benzene rings is 2. The number of rotatable bonds is 8. The van der Waals surface area contributed by atoms with E-state index in [1.807, 2.05) is 24.3 Å². The van der Waals surface area contributed by atoms with Gasteiger partial charge in [0, 0.05) is 5.75 Å². The van der Waals surface area contributed by atoms with Gasteiger partial charge >= 0.3 is 0 Å². The van der Waals surface area contributed by atoms with Gasteiger partial charge in [-0.2, -0.15) is 5.10 Å². The number of thioether (sulfide) groups is 1. The number of hydrogen-bond acceptors (Lipinski definition) is 9. The summed E-state index contributed by atoms with van der Waals surface area (Å²) in [6.45, 7) is 0. The van der Waals surface area contributed by atoms with Crippen molar-refractivity contribution in [3.05, 3.63) is 53.6 Å². The summed E-state index contributed by atoms with van der Waals surface area (Å²) < 4.78 is 11.5. The van der Waals surface area contributed by atoms with Crippen LogP contribution in [-0.2, 0) is 5.75 Å². The van der Waals surface area contributed by atoms with Gasteiger partial charge < -0.3 is 20.4 Å². The first-order valence-corrected chi connectivity index (χ1v) is 9.21. The van der Waals surface area contributed by atoms with Crippen LogP contribution >= 0.6 is 11.8 Å². The predicted molar refractivity (Wildman–Crippen MR) is 109 cm³/mol. The minimum atomic E-state index is 0.0330. The van der Waals surface area contributed by atoms with E-state index in [1.165, 1.54) is 35.8 Å². The number of phenolic OH excluding ortho intramolecular Hbond substituents is 1. The largest absolute Gasteiger partial charge is 0.504 e. The molecule has 0 fully saturated rings. The number of anilines is 1. The molecule has 0 aliphatic heterocycles. The van der Waals surface area contributed by atoms with Crippen molar-refractivity contribution in [2.24, 2.45) is 5.10 Å². The van der Waals surface area contributed by atoms with Crippen molar-refractivity contribution in [2.75, 3.05) is 25.5 Å². The smallest absolute Gasteiger partial charge is 0.264 e. The zero-order valence-corrected chi connectivity index (χ0v) is 16.2. The number of phenols is 1. The van der Waals surface area contributed by atoms with Gasteiger partial charge in [0.15, 0.2) is 11.5 Å². The fourth-order valence-electron chi connectivity index (χ4n) is 2.27. The van der Waals surface area contributed by atoms with Crippen molar-refractivity contribution in [3.8, 4) is 17.2 Å². The van der Waals surface area contributed by atoms with Crippen molar-refractivity contribution in [3.63, 3.8) is 0 Å². The van der Waals surface area contributed by atoms with Crippen LogP contribution in [0.3, 0.4) is 0 Å². The van der Waals surface area contributed by atoms with Crippen LogP contribution in [-0.4, -0.2) is 40.4 Å². The van der Waals surface area contributed by atoms with Crippen LogP contribution < -0.4 is 20.7 Å². The fourth-order valence-corrected chi connectivity index (χ4v) is 3.09. The number of nitrogens with two attached hydrogens (primary N) is 1. The second kappa shape index (κ2) is 9.00. The lowest BCUT2D eigenvalue weighted by Gasteiger charge is -2.04. The number of hydrogen-bond donors (Lipinski definition) is 3. The van der Waals surface area contributed by atoms with E-state index < -0.39 is 0 Å². The van der Waals surface area contributed by atoms with Gasteiger partial charge in [0.1, 0.15) is 5.75 Å². The Bertz CT molecular complexity index is 958. The average Bonchev–Trinajstić information content (AvgIpc) is 3.06. The van der Waals surface area contributed by atoms with E-state index in [0.717, 1.165) is 11.3 Å². The molecule has 1 aromatic heterocycles. The summed E-state index contributed by atoms with van der Waals surface area (Å²) in [7, 11) is 3.12. The third kappa shape index (κ3) is 4.65.